The van der Waals surface area contributed by atoms with Crippen LogP contribution in [0.5, 0.6) is 0 Å². The van der Waals surface area contributed by atoms with Crippen molar-refractivity contribution in [3.05, 3.63) is 38.9 Å². The highest BCUT2D eigenvalue weighted by Crippen LogP contribution is 2.25. The first kappa shape index (κ1) is 13.6. The number of esters is 1. The Kier molecular flexibility index (Phi) is 4.34. The molecule has 18 heavy (non-hydrogen) atoms. The maximum atomic E-state index is 11.6. The fraction of sp³-hybridized carbons (Fsp3) is 0.273. The summed E-state index contributed by atoms with van der Waals surface area (Å²) in [6.45, 7) is 1.03. The largest absolute Gasteiger partial charge is 0.462 e. The monoisotopic (exact) mass is 250 g/mol. The van der Waals surface area contributed by atoms with Gasteiger partial charge in [-0.2, -0.15) is 5.26 Å². The van der Waals surface area contributed by atoms with Crippen LogP contribution in [0.25, 0.3) is 0 Å². The minimum absolute atomic E-state index is 0.000741. The zero-order valence-electron chi connectivity index (χ0n) is 9.54. The molecule has 0 atom stereocenters. The average molecular weight is 250 g/mol. The summed E-state index contributed by atoms with van der Waals surface area (Å²) in [5, 5.41) is 28.7. The Labute approximate surface area is 102 Å². The summed E-state index contributed by atoms with van der Waals surface area (Å²) in [6, 6.07) is 3.93. The van der Waals surface area contributed by atoms with Crippen LogP contribution in [0.3, 0.4) is 0 Å². The van der Waals surface area contributed by atoms with E-state index in [1.165, 1.54) is 6.07 Å². The molecular weight excluding hydrogens is 240 g/mol. The predicted molar refractivity (Wildman–Crippen MR) is 59.7 cm³/mol. The van der Waals surface area contributed by atoms with Crippen LogP contribution < -0.4 is 0 Å². The first-order valence-electron chi connectivity index (χ1n) is 5.04. The van der Waals surface area contributed by atoms with Crippen LogP contribution in [-0.4, -0.2) is 22.6 Å². The van der Waals surface area contributed by atoms with Crippen molar-refractivity contribution in [1.29, 1.82) is 5.26 Å². The Hall–Kier alpha value is -2.46. The molecule has 7 nitrogen and oxygen atoms in total. The van der Waals surface area contributed by atoms with Crippen LogP contribution in [0.4, 0.5) is 5.69 Å². The maximum absolute atomic E-state index is 11.6. The molecule has 0 spiro atoms. The standard InChI is InChI=1S/C11H10N2O5/c1-2-18-11(15)10-8(6-14)3-7(5-12)4-9(10)13(16)17/h3-4,14H,2,6H2,1H3. The van der Waals surface area contributed by atoms with Gasteiger partial charge < -0.3 is 9.84 Å². The van der Waals surface area contributed by atoms with E-state index in [2.05, 4.69) is 0 Å². The van der Waals surface area contributed by atoms with Crippen molar-refractivity contribution >= 4 is 11.7 Å². The second kappa shape index (κ2) is 5.75. The predicted octanol–water partition coefficient (Wildman–Crippen LogP) is 1.14. The zero-order chi connectivity index (χ0) is 13.7. The third-order valence-electron chi connectivity index (χ3n) is 2.17. The number of nitro benzene ring substituents is 1. The van der Waals surface area contributed by atoms with Crippen LogP contribution >= 0.6 is 0 Å². The van der Waals surface area contributed by atoms with E-state index in [0.717, 1.165) is 6.07 Å². The zero-order valence-corrected chi connectivity index (χ0v) is 9.54. The molecule has 0 saturated carbocycles. The molecule has 0 heterocycles. The Bertz CT molecular complexity index is 533. The molecule has 7 heteroatoms. The first-order valence-corrected chi connectivity index (χ1v) is 5.04. The van der Waals surface area contributed by atoms with E-state index in [9.17, 15) is 14.9 Å². The lowest BCUT2D eigenvalue weighted by atomic mass is 10.0. The molecule has 0 aromatic heterocycles. The number of ether oxygens (including phenoxy) is 1. The molecule has 1 rings (SSSR count). The van der Waals surface area contributed by atoms with Gasteiger partial charge in [0.25, 0.3) is 5.69 Å². The first-order chi connectivity index (χ1) is 8.54. The Balaban J connectivity index is 3.50. The minimum Gasteiger partial charge on any atom is -0.462 e. The fourth-order valence-electron chi connectivity index (χ4n) is 1.46. The summed E-state index contributed by atoms with van der Waals surface area (Å²) < 4.78 is 4.70. The lowest BCUT2D eigenvalue weighted by Gasteiger charge is -2.07. The molecule has 1 aromatic rings. The molecule has 0 aliphatic heterocycles. The molecule has 1 N–H and O–H groups in total. The Morgan fingerprint density at radius 3 is 2.72 bits per heavy atom. The molecule has 94 valence electrons. The van der Waals surface area contributed by atoms with Crippen molar-refractivity contribution in [2.45, 2.75) is 13.5 Å². The highest BCUT2D eigenvalue weighted by Gasteiger charge is 2.26. The molecule has 0 aliphatic carbocycles. The van der Waals surface area contributed by atoms with Crippen molar-refractivity contribution in [2.75, 3.05) is 6.61 Å². The second-order valence-electron chi connectivity index (χ2n) is 3.28. The van der Waals surface area contributed by atoms with Crippen LogP contribution in [0.1, 0.15) is 28.4 Å². The summed E-state index contributed by atoms with van der Waals surface area (Å²) in [7, 11) is 0. The lowest BCUT2D eigenvalue weighted by molar-refractivity contribution is -0.385. The highest BCUT2D eigenvalue weighted by molar-refractivity contribution is 5.96. The van der Waals surface area contributed by atoms with E-state index in [1.54, 1.807) is 13.0 Å². The molecule has 0 saturated heterocycles. The molecule has 0 fully saturated rings. The smallest absolute Gasteiger partial charge is 0.345 e. The molecule has 0 aliphatic rings. The number of rotatable bonds is 4. The van der Waals surface area contributed by atoms with Gasteiger partial charge in [-0.05, 0) is 13.0 Å². The van der Waals surface area contributed by atoms with Gasteiger partial charge in [0.1, 0.15) is 5.56 Å². The number of nitro groups is 1. The van der Waals surface area contributed by atoms with Gasteiger partial charge in [-0.3, -0.25) is 10.1 Å². The van der Waals surface area contributed by atoms with Crippen molar-refractivity contribution in [2.24, 2.45) is 0 Å². The highest BCUT2D eigenvalue weighted by atomic mass is 16.6. The van der Waals surface area contributed by atoms with Crippen LogP contribution in [0.2, 0.25) is 0 Å². The molecule has 1 aromatic carbocycles. The van der Waals surface area contributed by atoms with Crippen LogP contribution in [0.15, 0.2) is 12.1 Å². The van der Waals surface area contributed by atoms with E-state index >= 15 is 0 Å². The molecule has 0 unspecified atom stereocenters. The van der Waals surface area contributed by atoms with Crippen molar-refractivity contribution < 1.29 is 19.6 Å². The van der Waals surface area contributed by atoms with E-state index in [0.29, 0.717) is 0 Å². The number of aliphatic hydroxyl groups excluding tert-OH is 1. The van der Waals surface area contributed by atoms with Gasteiger partial charge >= 0.3 is 5.97 Å². The number of hydrogen-bond acceptors (Lipinski definition) is 6. The van der Waals surface area contributed by atoms with Crippen LogP contribution in [-0.2, 0) is 11.3 Å². The topological polar surface area (TPSA) is 113 Å². The van der Waals surface area contributed by atoms with Gasteiger partial charge in [0.15, 0.2) is 0 Å². The molecule has 0 bridgehead atoms. The van der Waals surface area contributed by atoms with E-state index < -0.39 is 23.2 Å². The minimum atomic E-state index is -0.891. The van der Waals surface area contributed by atoms with Crippen molar-refractivity contribution in [3.8, 4) is 6.07 Å². The third-order valence-corrected chi connectivity index (χ3v) is 2.17. The summed E-state index contributed by atoms with van der Waals surface area (Å²) in [5.74, 6) is -0.891. The average Bonchev–Trinajstić information content (AvgIpc) is 2.37. The second-order valence-corrected chi connectivity index (χ2v) is 3.28. The number of carbonyl (C=O) groups excluding carboxylic acids is 1. The molecular formula is C11H10N2O5. The quantitative estimate of drug-likeness (QED) is 0.486. The number of nitriles is 1. The third kappa shape index (κ3) is 2.61. The SMILES string of the molecule is CCOC(=O)c1c(CO)cc(C#N)cc1[N+](=O)[O-]. The normalized spacial score (nSPS) is 9.61. The fourth-order valence-corrected chi connectivity index (χ4v) is 1.46. The van der Waals surface area contributed by atoms with Gasteiger partial charge in [0, 0.05) is 11.6 Å². The number of aliphatic hydroxyl groups is 1. The maximum Gasteiger partial charge on any atom is 0.345 e. The van der Waals surface area contributed by atoms with E-state index in [1.807, 2.05) is 0 Å². The molecule has 0 radical (unpaired) electrons. The Morgan fingerprint density at radius 2 is 2.28 bits per heavy atom. The van der Waals surface area contributed by atoms with Gasteiger partial charge in [-0.25, -0.2) is 4.79 Å². The van der Waals surface area contributed by atoms with Gasteiger partial charge in [-0.15, -0.1) is 0 Å². The number of hydrogen-bond donors (Lipinski definition) is 1. The van der Waals surface area contributed by atoms with E-state index in [-0.39, 0.29) is 23.3 Å². The van der Waals surface area contributed by atoms with Gasteiger partial charge in [-0.1, -0.05) is 0 Å². The van der Waals surface area contributed by atoms with E-state index in [4.69, 9.17) is 15.1 Å². The Morgan fingerprint density at radius 1 is 1.61 bits per heavy atom. The number of carbonyl (C=O) groups is 1. The van der Waals surface area contributed by atoms with Crippen LogP contribution in [0, 0.1) is 21.4 Å². The lowest BCUT2D eigenvalue weighted by Crippen LogP contribution is -2.12. The summed E-state index contributed by atoms with van der Waals surface area (Å²) in [6.07, 6.45) is 0. The van der Waals surface area contributed by atoms with Crippen molar-refractivity contribution in [3.63, 3.8) is 0 Å². The van der Waals surface area contributed by atoms with Gasteiger partial charge in [0.2, 0.25) is 0 Å². The summed E-state index contributed by atoms with van der Waals surface area (Å²) in [5.41, 5.74) is -0.863. The molecule has 0 amide bonds. The summed E-state index contributed by atoms with van der Waals surface area (Å²) >= 11 is 0. The number of nitrogens with zero attached hydrogens (tertiary/aromatic N) is 2. The number of benzene rings is 1. The van der Waals surface area contributed by atoms with Crippen molar-refractivity contribution in [1.82, 2.24) is 0 Å². The van der Waals surface area contributed by atoms with Gasteiger partial charge in [0.05, 0.1) is 29.8 Å². The summed E-state index contributed by atoms with van der Waals surface area (Å²) in [4.78, 5) is 21.7.